The Balaban J connectivity index is 2.38. The number of aliphatic hydroxyl groups is 3. The van der Waals surface area contributed by atoms with Crippen molar-refractivity contribution in [2.75, 3.05) is 0 Å². The summed E-state index contributed by atoms with van der Waals surface area (Å²) in [4.78, 5) is 10.7. The number of carboxylic acid groups (broad SMARTS) is 1. The minimum absolute atomic E-state index is 0.0320. The minimum Gasteiger partial charge on any atom is -0.477 e. The van der Waals surface area contributed by atoms with Crippen LogP contribution in [-0.2, 0) is 4.79 Å². The van der Waals surface area contributed by atoms with Crippen LogP contribution in [0.3, 0.4) is 0 Å². The molecule has 28 heavy (non-hydrogen) atoms. The summed E-state index contributed by atoms with van der Waals surface area (Å²) in [5.74, 6) is -4.25. The molecule has 6 heteroatoms. The number of carbonyl (C=O) groups is 1. The molecule has 1 rings (SSSR count). The highest BCUT2D eigenvalue weighted by atomic mass is 19.1. The fraction of sp³-hybridized carbons (Fsp3) is 0.773. The molecule has 0 aromatic carbocycles. The zero-order valence-corrected chi connectivity index (χ0v) is 17.0. The van der Waals surface area contributed by atoms with Crippen LogP contribution in [-0.4, -0.2) is 38.3 Å². The quantitative estimate of drug-likeness (QED) is 0.198. The zero-order chi connectivity index (χ0) is 21.2. The summed E-state index contributed by atoms with van der Waals surface area (Å²) in [6.45, 7) is 5.57. The first-order valence-electron chi connectivity index (χ1n) is 10.6. The minimum atomic E-state index is -3.09. The number of allylic oxidation sites excluding steroid dienone is 3. The molecule has 0 bridgehead atoms. The molecule has 4 atom stereocenters. The maximum absolute atomic E-state index is 13.5. The number of hydrogen-bond donors (Lipinski definition) is 4. The molecular weight excluding hydrogens is 363 g/mol. The van der Waals surface area contributed by atoms with Crippen LogP contribution in [0.4, 0.5) is 4.39 Å². The lowest BCUT2D eigenvalue weighted by Gasteiger charge is -2.23. The number of rotatable bonds is 14. The molecule has 0 aromatic rings. The lowest BCUT2D eigenvalue weighted by Crippen LogP contribution is -2.49. The van der Waals surface area contributed by atoms with Gasteiger partial charge in [-0.2, -0.15) is 0 Å². The van der Waals surface area contributed by atoms with E-state index in [9.17, 15) is 24.5 Å². The van der Waals surface area contributed by atoms with E-state index in [0.29, 0.717) is 24.7 Å². The molecule has 0 saturated heterocycles. The Morgan fingerprint density at radius 3 is 2.57 bits per heavy atom. The fourth-order valence-electron chi connectivity index (χ4n) is 4.04. The van der Waals surface area contributed by atoms with Gasteiger partial charge in [0.15, 0.2) is 0 Å². The largest absolute Gasteiger partial charge is 0.477 e. The third-order valence-electron chi connectivity index (χ3n) is 5.95. The van der Waals surface area contributed by atoms with Gasteiger partial charge in [0.05, 0.1) is 5.83 Å². The van der Waals surface area contributed by atoms with Gasteiger partial charge < -0.3 is 20.4 Å². The lowest BCUT2D eigenvalue weighted by molar-refractivity contribution is -0.237. The average Bonchev–Trinajstić information content (AvgIpc) is 3.08. The van der Waals surface area contributed by atoms with Crippen LogP contribution in [0.1, 0.15) is 77.6 Å². The van der Waals surface area contributed by atoms with E-state index in [1.807, 2.05) is 0 Å². The van der Waals surface area contributed by atoms with Gasteiger partial charge in [-0.1, -0.05) is 57.8 Å². The molecule has 1 unspecified atom stereocenters. The van der Waals surface area contributed by atoms with Gasteiger partial charge >= 0.3 is 5.97 Å². The molecule has 0 amide bonds. The molecule has 1 fully saturated rings. The van der Waals surface area contributed by atoms with Crippen molar-refractivity contribution in [3.63, 3.8) is 0 Å². The summed E-state index contributed by atoms with van der Waals surface area (Å²) in [6, 6.07) is 0. The third kappa shape index (κ3) is 8.02. The molecule has 0 spiro atoms. The predicted molar refractivity (Wildman–Crippen MR) is 107 cm³/mol. The first kappa shape index (κ1) is 24.8. The zero-order valence-electron chi connectivity index (χ0n) is 17.0. The Hall–Kier alpha value is -1.24. The van der Waals surface area contributed by atoms with E-state index >= 15 is 0 Å². The van der Waals surface area contributed by atoms with Gasteiger partial charge in [0.2, 0.25) is 0 Å². The molecule has 0 aliphatic heterocycles. The van der Waals surface area contributed by atoms with Gasteiger partial charge in [0.25, 0.3) is 5.79 Å². The number of aliphatic hydroxyl groups excluding tert-OH is 1. The van der Waals surface area contributed by atoms with Crippen molar-refractivity contribution in [3.05, 3.63) is 24.6 Å². The molecule has 4 N–H and O–H groups in total. The van der Waals surface area contributed by atoms with Gasteiger partial charge in [0.1, 0.15) is 6.10 Å². The van der Waals surface area contributed by atoms with Crippen LogP contribution in [0.25, 0.3) is 0 Å². The van der Waals surface area contributed by atoms with E-state index in [0.717, 1.165) is 51.4 Å². The summed E-state index contributed by atoms with van der Waals surface area (Å²) in [5.41, 5.74) is 0. The first-order valence-corrected chi connectivity index (χ1v) is 10.6. The number of unbranched alkanes of at least 4 members (excludes halogenated alkanes) is 2. The lowest BCUT2D eigenvalue weighted by atomic mass is 9.89. The normalized spacial score (nSPS) is 22.5. The smallest absolute Gasteiger partial charge is 0.366 e. The van der Waals surface area contributed by atoms with Crippen molar-refractivity contribution in [3.8, 4) is 0 Å². The molecule has 0 aromatic heterocycles. The van der Waals surface area contributed by atoms with Gasteiger partial charge in [0, 0.05) is 5.92 Å². The van der Waals surface area contributed by atoms with Crippen molar-refractivity contribution in [2.24, 2.45) is 17.8 Å². The van der Waals surface area contributed by atoms with E-state index < -0.39 is 17.9 Å². The highest BCUT2D eigenvalue weighted by Crippen LogP contribution is 2.37. The van der Waals surface area contributed by atoms with E-state index in [2.05, 4.69) is 25.7 Å². The first-order chi connectivity index (χ1) is 13.2. The summed E-state index contributed by atoms with van der Waals surface area (Å²) in [7, 11) is 0. The molecule has 162 valence electrons. The Morgan fingerprint density at radius 2 is 1.96 bits per heavy atom. The van der Waals surface area contributed by atoms with E-state index in [-0.39, 0.29) is 18.2 Å². The second-order valence-electron chi connectivity index (χ2n) is 8.14. The van der Waals surface area contributed by atoms with Crippen molar-refractivity contribution >= 4 is 5.97 Å². The molecular formula is C22H37FO5. The van der Waals surface area contributed by atoms with E-state index in [1.54, 1.807) is 0 Å². The maximum Gasteiger partial charge on any atom is 0.366 e. The average molecular weight is 401 g/mol. The second kappa shape index (κ2) is 12.3. The molecule has 1 aliphatic rings. The number of hydrogen-bond acceptors (Lipinski definition) is 4. The molecule has 1 aliphatic carbocycles. The Bertz CT molecular complexity index is 517. The van der Waals surface area contributed by atoms with Gasteiger partial charge in [-0.15, -0.1) is 0 Å². The fourth-order valence-corrected chi connectivity index (χ4v) is 4.04. The van der Waals surface area contributed by atoms with E-state index in [1.165, 1.54) is 0 Å². The van der Waals surface area contributed by atoms with Crippen LogP contribution in [0.5, 0.6) is 0 Å². The highest BCUT2D eigenvalue weighted by molar-refractivity contribution is 5.75. The maximum atomic E-state index is 13.5. The van der Waals surface area contributed by atoms with Crippen molar-refractivity contribution in [2.45, 2.75) is 89.4 Å². The van der Waals surface area contributed by atoms with Crippen LogP contribution in [0.2, 0.25) is 0 Å². The highest BCUT2D eigenvalue weighted by Gasteiger charge is 2.41. The van der Waals surface area contributed by atoms with Gasteiger partial charge in [-0.3, -0.25) is 0 Å². The summed E-state index contributed by atoms with van der Waals surface area (Å²) >= 11 is 0. The standard InChI is InChI=1S/C22H37FO5/c1-3-4-9-17(16(2)23)11-7-12-19-14-8-13-18(19)10-5-6-15-20(24)22(27,28)21(25)26/h7,12,17-20,24,27-28H,2-6,8-11,13-15H2,1H3,(H,25,26)/t17-,18-,19-,20?/m0/s1. The monoisotopic (exact) mass is 400 g/mol. The molecule has 5 nitrogen and oxygen atoms in total. The molecule has 0 radical (unpaired) electrons. The van der Waals surface area contributed by atoms with Gasteiger partial charge in [-0.05, 0) is 50.4 Å². The SMILES string of the molecule is C=C(F)[C@H](CC=C[C@H]1CCC[C@@H]1CCCCC(O)C(O)(O)C(=O)O)CCCC. The second-order valence-corrected chi connectivity index (χ2v) is 8.14. The van der Waals surface area contributed by atoms with Crippen LogP contribution >= 0.6 is 0 Å². The van der Waals surface area contributed by atoms with E-state index in [4.69, 9.17) is 5.11 Å². The predicted octanol–water partition coefficient (Wildman–Crippen LogP) is 4.33. The Morgan fingerprint density at radius 1 is 1.25 bits per heavy atom. The van der Waals surface area contributed by atoms with Crippen LogP contribution < -0.4 is 0 Å². The summed E-state index contributed by atoms with van der Waals surface area (Å²) in [6.07, 6.45) is 11.9. The summed E-state index contributed by atoms with van der Waals surface area (Å²) in [5, 5.41) is 36.9. The van der Waals surface area contributed by atoms with Crippen molar-refractivity contribution in [1.82, 2.24) is 0 Å². The van der Waals surface area contributed by atoms with Crippen LogP contribution in [0, 0.1) is 17.8 Å². The number of carboxylic acids is 1. The topological polar surface area (TPSA) is 98.0 Å². The number of aliphatic carboxylic acids is 1. The van der Waals surface area contributed by atoms with Crippen molar-refractivity contribution < 1.29 is 29.6 Å². The van der Waals surface area contributed by atoms with Gasteiger partial charge in [-0.25, -0.2) is 9.18 Å². The Labute approximate surface area is 168 Å². The van der Waals surface area contributed by atoms with Crippen LogP contribution in [0.15, 0.2) is 24.6 Å². The summed E-state index contributed by atoms with van der Waals surface area (Å²) < 4.78 is 13.5. The molecule has 1 saturated carbocycles. The van der Waals surface area contributed by atoms with Crippen molar-refractivity contribution in [1.29, 1.82) is 0 Å². The Kier molecular flexibility index (Phi) is 10.9. The third-order valence-corrected chi connectivity index (χ3v) is 5.95. The number of halogens is 1. The molecule has 0 heterocycles.